The molecular formula is C12H22NOP. The third-order valence-corrected chi connectivity index (χ3v) is 7.57. The van der Waals surface area contributed by atoms with E-state index in [2.05, 4.69) is 6.07 Å². The molecule has 0 bridgehead atoms. The van der Waals surface area contributed by atoms with Gasteiger partial charge in [0.05, 0.1) is 13.2 Å². The van der Waals surface area contributed by atoms with E-state index >= 15 is 0 Å². The molecule has 1 fully saturated rings. The van der Waals surface area contributed by atoms with Crippen LogP contribution >= 0.6 is 7.14 Å². The number of hydrogen-bond acceptors (Lipinski definition) is 2. The van der Waals surface area contributed by atoms with Crippen molar-refractivity contribution in [2.24, 2.45) is 5.92 Å². The minimum Gasteiger partial charge on any atom is -0.323 e. The van der Waals surface area contributed by atoms with Gasteiger partial charge in [-0.25, -0.2) is 0 Å². The van der Waals surface area contributed by atoms with Gasteiger partial charge in [0, 0.05) is 12.1 Å². The van der Waals surface area contributed by atoms with Crippen LogP contribution in [0.15, 0.2) is 0 Å². The molecule has 1 unspecified atom stereocenters. The molecule has 0 aromatic carbocycles. The molecule has 1 aliphatic rings. The van der Waals surface area contributed by atoms with Gasteiger partial charge in [-0.2, -0.15) is 5.26 Å². The quantitative estimate of drug-likeness (QED) is 0.619. The molecule has 0 amide bonds. The predicted molar refractivity (Wildman–Crippen MR) is 64.7 cm³/mol. The van der Waals surface area contributed by atoms with Gasteiger partial charge in [0.25, 0.3) is 0 Å². The van der Waals surface area contributed by atoms with Crippen LogP contribution in [0.3, 0.4) is 0 Å². The second kappa shape index (κ2) is 5.71. The highest BCUT2D eigenvalue weighted by atomic mass is 31.2. The molecule has 86 valence electrons. The molecule has 0 saturated heterocycles. The van der Waals surface area contributed by atoms with Gasteiger partial charge in [-0.15, -0.1) is 0 Å². The Balaban J connectivity index is 2.59. The molecule has 1 aliphatic carbocycles. The van der Waals surface area contributed by atoms with Crippen LogP contribution in [0, 0.1) is 17.2 Å². The molecule has 0 radical (unpaired) electrons. The summed E-state index contributed by atoms with van der Waals surface area (Å²) in [6.07, 6.45) is 6.79. The third kappa shape index (κ3) is 3.65. The van der Waals surface area contributed by atoms with Gasteiger partial charge >= 0.3 is 0 Å². The number of nitrogens with zero attached hydrogens (tertiary/aromatic N) is 1. The zero-order valence-corrected chi connectivity index (χ0v) is 10.8. The van der Waals surface area contributed by atoms with Gasteiger partial charge in [-0.3, -0.25) is 0 Å². The lowest BCUT2D eigenvalue weighted by Crippen LogP contribution is -2.13. The first-order valence-electron chi connectivity index (χ1n) is 6.11. The van der Waals surface area contributed by atoms with Gasteiger partial charge in [0.15, 0.2) is 0 Å². The zero-order chi connectivity index (χ0) is 11.3. The van der Waals surface area contributed by atoms with Gasteiger partial charge < -0.3 is 4.57 Å². The molecule has 1 atom stereocenters. The zero-order valence-electron chi connectivity index (χ0n) is 9.91. The van der Waals surface area contributed by atoms with Crippen LogP contribution in [0.2, 0.25) is 0 Å². The largest absolute Gasteiger partial charge is 0.323 e. The monoisotopic (exact) mass is 227 g/mol. The summed E-state index contributed by atoms with van der Waals surface area (Å²) >= 11 is 0. The standard InChI is InChI=1S/C12H22NOP/c1-3-15(14,4-2)12(6-5-9-13)10-11-7-8-11/h11-12H,3-8,10H2,1-2H3. The van der Waals surface area contributed by atoms with Crippen molar-refractivity contribution in [2.75, 3.05) is 12.3 Å². The first-order valence-corrected chi connectivity index (χ1v) is 8.25. The molecule has 0 N–H and O–H groups in total. The Bertz CT molecular complexity index is 270. The van der Waals surface area contributed by atoms with Crippen molar-refractivity contribution in [3.63, 3.8) is 0 Å². The lowest BCUT2D eigenvalue weighted by Gasteiger charge is -2.25. The summed E-state index contributed by atoms with van der Waals surface area (Å²) in [6, 6.07) is 2.19. The molecule has 1 rings (SSSR count). The van der Waals surface area contributed by atoms with Gasteiger partial charge in [-0.05, 0) is 31.1 Å². The summed E-state index contributed by atoms with van der Waals surface area (Å²) in [5, 5.41) is 8.64. The second-order valence-corrected chi connectivity index (χ2v) is 8.51. The Morgan fingerprint density at radius 3 is 2.40 bits per heavy atom. The molecule has 0 spiro atoms. The minimum absolute atomic E-state index is 0.333. The highest BCUT2D eigenvalue weighted by Gasteiger charge is 2.34. The van der Waals surface area contributed by atoms with E-state index < -0.39 is 7.14 Å². The van der Waals surface area contributed by atoms with Crippen molar-refractivity contribution in [2.45, 2.75) is 51.6 Å². The lowest BCUT2D eigenvalue weighted by molar-refractivity contribution is 0.542. The molecular weight excluding hydrogens is 205 g/mol. The summed E-state index contributed by atoms with van der Waals surface area (Å²) in [4.78, 5) is 0. The van der Waals surface area contributed by atoms with Crippen LogP contribution in [-0.2, 0) is 4.57 Å². The SMILES string of the molecule is CCP(=O)(CC)C(CCC#N)CC1CC1. The van der Waals surface area contributed by atoms with Gasteiger partial charge in [0.2, 0.25) is 0 Å². The van der Waals surface area contributed by atoms with E-state index in [9.17, 15) is 4.57 Å². The van der Waals surface area contributed by atoms with E-state index in [1.165, 1.54) is 12.8 Å². The summed E-state index contributed by atoms with van der Waals surface area (Å²) in [5.74, 6) is 0.820. The summed E-state index contributed by atoms with van der Waals surface area (Å²) in [5.41, 5.74) is 0.333. The molecule has 0 aliphatic heterocycles. The fourth-order valence-electron chi connectivity index (χ4n) is 2.25. The van der Waals surface area contributed by atoms with E-state index in [1.807, 2.05) is 13.8 Å². The second-order valence-electron chi connectivity index (χ2n) is 4.61. The Labute approximate surface area is 93.4 Å². The molecule has 2 nitrogen and oxygen atoms in total. The van der Waals surface area contributed by atoms with E-state index in [4.69, 9.17) is 5.26 Å². The Morgan fingerprint density at radius 1 is 1.40 bits per heavy atom. The van der Waals surface area contributed by atoms with Crippen LogP contribution in [0.1, 0.15) is 46.0 Å². The van der Waals surface area contributed by atoms with Gasteiger partial charge in [-0.1, -0.05) is 26.7 Å². The predicted octanol–water partition coefficient (Wildman–Crippen LogP) is 3.86. The average molecular weight is 227 g/mol. The molecule has 0 heterocycles. The molecule has 1 saturated carbocycles. The Hall–Kier alpha value is -0.280. The number of nitriles is 1. The third-order valence-electron chi connectivity index (χ3n) is 3.63. The van der Waals surface area contributed by atoms with Crippen molar-refractivity contribution < 1.29 is 4.57 Å². The normalized spacial score (nSPS) is 18.5. The fourth-order valence-corrected chi connectivity index (χ4v) is 5.02. The topological polar surface area (TPSA) is 40.9 Å². The fraction of sp³-hybridized carbons (Fsp3) is 0.917. The average Bonchev–Trinajstić information content (AvgIpc) is 3.06. The van der Waals surface area contributed by atoms with Crippen molar-refractivity contribution in [1.82, 2.24) is 0 Å². The Morgan fingerprint density at radius 2 is 2.00 bits per heavy atom. The summed E-state index contributed by atoms with van der Waals surface area (Å²) in [7, 11) is -1.99. The Kier molecular flexibility index (Phi) is 4.87. The van der Waals surface area contributed by atoms with Crippen molar-refractivity contribution in [3.05, 3.63) is 0 Å². The van der Waals surface area contributed by atoms with Crippen LogP contribution in [-0.4, -0.2) is 18.0 Å². The highest BCUT2D eigenvalue weighted by Crippen LogP contribution is 2.55. The van der Waals surface area contributed by atoms with Crippen LogP contribution in [0.25, 0.3) is 0 Å². The van der Waals surface area contributed by atoms with Crippen molar-refractivity contribution >= 4 is 7.14 Å². The minimum atomic E-state index is -1.99. The summed E-state index contributed by atoms with van der Waals surface area (Å²) in [6.45, 7) is 4.08. The number of hydrogen-bond donors (Lipinski definition) is 0. The van der Waals surface area contributed by atoms with E-state index in [-0.39, 0.29) is 0 Å². The van der Waals surface area contributed by atoms with Crippen LogP contribution < -0.4 is 0 Å². The van der Waals surface area contributed by atoms with E-state index in [0.29, 0.717) is 12.1 Å². The smallest absolute Gasteiger partial charge is 0.0901 e. The molecule has 3 heteroatoms. The van der Waals surface area contributed by atoms with Crippen LogP contribution in [0.4, 0.5) is 0 Å². The maximum absolute atomic E-state index is 12.6. The lowest BCUT2D eigenvalue weighted by atomic mass is 10.1. The van der Waals surface area contributed by atoms with E-state index in [0.717, 1.165) is 31.1 Å². The van der Waals surface area contributed by atoms with Crippen molar-refractivity contribution in [1.29, 1.82) is 5.26 Å². The van der Waals surface area contributed by atoms with Gasteiger partial charge in [0.1, 0.15) is 0 Å². The maximum atomic E-state index is 12.6. The van der Waals surface area contributed by atoms with Crippen LogP contribution in [0.5, 0.6) is 0 Å². The molecule has 0 aromatic rings. The molecule has 15 heavy (non-hydrogen) atoms. The summed E-state index contributed by atoms with van der Waals surface area (Å²) < 4.78 is 12.6. The highest BCUT2D eigenvalue weighted by molar-refractivity contribution is 7.64. The first-order chi connectivity index (χ1) is 7.16. The van der Waals surface area contributed by atoms with E-state index in [1.54, 1.807) is 0 Å². The molecule has 0 aromatic heterocycles. The van der Waals surface area contributed by atoms with Crippen molar-refractivity contribution in [3.8, 4) is 6.07 Å². The maximum Gasteiger partial charge on any atom is 0.0901 e. The first kappa shape index (κ1) is 12.8. The number of rotatable bonds is 7.